The van der Waals surface area contributed by atoms with E-state index < -0.39 is 5.97 Å². The molecule has 0 atom stereocenters. The number of aryl methyl sites for hydroxylation is 1. The first-order valence-electron chi connectivity index (χ1n) is 5.60. The number of rotatable bonds is 2. The lowest BCUT2D eigenvalue weighted by molar-refractivity contribution is 0.0701. The SMILES string of the molecule is Cc1nc(-c2ccc(C(C)(C)C)s2)sc1C(=O)O. The van der Waals surface area contributed by atoms with E-state index in [1.807, 2.05) is 6.07 Å². The van der Waals surface area contributed by atoms with Gasteiger partial charge in [0, 0.05) is 4.88 Å². The van der Waals surface area contributed by atoms with Crippen molar-refractivity contribution in [3.63, 3.8) is 0 Å². The van der Waals surface area contributed by atoms with E-state index in [9.17, 15) is 4.79 Å². The third-order valence-corrected chi connectivity index (χ3v) is 5.37. The highest BCUT2D eigenvalue weighted by atomic mass is 32.1. The highest BCUT2D eigenvalue weighted by Crippen LogP contribution is 2.37. The van der Waals surface area contributed by atoms with Gasteiger partial charge in [0.05, 0.1) is 10.6 Å². The lowest BCUT2D eigenvalue weighted by atomic mass is 9.95. The summed E-state index contributed by atoms with van der Waals surface area (Å²) in [5, 5.41) is 9.83. The van der Waals surface area contributed by atoms with Gasteiger partial charge in [-0.25, -0.2) is 9.78 Å². The normalized spacial score (nSPS) is 11.8. The van der Waals surface area contributed by atoms with E-state index in [1.165, 1.54) is 16.2 Å². The van der Waals surface area contributed by atoms with Gasteiger partial charge in [-0.2, -0.15) is 0 Å². The molecule has 2 aromatic heterocycles. The Labute approximate surface area is 114 Å². The van der Waals surface area contributed by atoms with E-state index in [0.717, 1.165) is 9.88 Å². The van der Waals surface area contributed by atoms with Gasteiger partial charge < -0.3 is 5.11 Å². The Morgan fingerprint density at radius 3 is 2.39 bits per heavy atom. The molecule has 0 saturated carbocycles. The molecule has 3 nitrogen and oxygen atoms in total. The van der Waals surface area contributed by atoms with Crippen LogP contribution in [0.2, 0.25) is 0 Å². The van der Waals surface area contributed by atoms with Gasteiger partial charge in [0.15, 0.2) is 0 Å². The van der Waals surface area contributed by atoms with E-state index in [1.54, 1.807) is 18.3 Å². The van der Waals surface area contributed by atoms with Gasteiger partial charge in [0.2, 0.25) is 0 Å². The fourth-order valence-electron chi connectivity index (χ4n) is 1.56. The first-order valence-corrected chi connectivity index (χ1v) is 7.24. The maximum Gasteiger partial charge on any atom is 0.347 e. The summed E-state index contributed by atoms with van der Waals surface area (Å²) in [4.78, 5) is 18.0. The molecule has 0 bridgehead atoms. The molecule has 0 aliphatic rings. The van der Waals surface area contributed by atoms with Crippen LogP contribution >= 0.6 is 22.7 Å². The quantitative estimate of drug-likeness (QED) is 0.898. The summed E-state index contributed by atoms with van der Waals surface area (Å²) < 4.78 is 0. The van der Waals surface area contributed by atoms with Gasteiger partial charge in [-0.15, -0.1) is 22.7 Å². The first-order chi connectivity index (χ1) is 8.29. The summed E-state index contributed by atoms with van der Waals surface area (Å²) >= 11 is 2.93. The van der Waals surface area contributed by atoms with E-state index in [0.29, 0.717) is 10.6 Å². The minimum Gasteiger partial charge on any atom is -0.477 e. The number of thiophene rings is 1. The van der Waals surface area contributed by atoms with Crippen LogP contribution in [-0.2, 0) is 5.41 Å². The number of aromatic carboxylic acids is 1. The molecule has 2 rings (SSSR count). The second kappa shape index (κ2) is 4.48. The maximum absolute atomic E-state index is 11.0. The highest BCUT2D eigenvalue weighted by molar-refractivity contribution is 7.22. The number of carbonyl (C=O) groups is 1. The Hall–Kier alpha value is -1.20. The van der Waals surface area contributed by atoms with Crippen LogP contribution in [0, 0.1) is 6.92 Å². The topological polar surface area (TPSA) is 50.2 Å². The molecular weight excluding hydrogens is 266 g/mol. The van der Waals surface area contributed by atoms with Crippen molar-refractivity contribution >= 4 is 28.6 Å². The van der Waals surface area contributed by atoms with Crippen molar-refractivity contribution in [2.75, 3.05) is 0 Å². The van der Waals surface area contributed by atoms with Crippen LogP contribution in [0.25, 0.3) is 9.88 Å². The predicted molar refractivity (Wildman–Crippen MR) is 75.8 cm³/mol. The molecule has 5 heteroatoms. The third kappa shape index (κ3) is 2.47. The van der Waals surface area contributed by atoms with Crippen molar-refractivity contribution in [2.24, 2.45) is 0 Å². The van der Waals surface area contributed by atoms with Crippen LogP contribution in [0.4, 0.5) is 0 Å². The lowest BCUT2D eigenvalue weighted by Crippen LogP contribution is -2.07. The fourth-order valence-corrected chi connectivity index (χ4v) is 3.58. The number of carboxylic acids is 1. The molecule has 18 heavy (non-hydrogen) atoms. The Morgan fingerprint density at radius 2 is 1.94 bits per heavy atom. The van der Waals surface area contributed by atoms with Gasteiger partial charge in [0.1, 0.15) is 9.88 Å². The molecule has 0 spiro atoms. The molecule has 0 saturated heterocycles. The molecule has 2 heterocycles. The summed E-state index contributed by atoms with van der Waals surface area (Å²) in [6.07, 6.45) is 0. The van der Waals surface area contributed by atoms with Gasteiger partial charge in [-0.05, 0) is 24.5 Å². The van der Waals surface area contributed by atoms with Crippen molar-refractivity contribution in [1.82, 2.24) is 4.98 Å². The number of aromatic nitrogens is 1. The molecular formula is C13H15NO2S2. The van der Waals surface area contributed by atoms with E-state index in [-0.39, 0.29) is 5.41 Å². The Morgan fingerprint density at radius 1 is 1.28 bits per heavy atom. The predicted octanol–water partition coefficient (Wildman–Crippen LogP) is 4.18. The van der Waals surface area contributed by atoms with Crippen molar-refractivity contribution < 1.29 is 9.90 Å². The van der Waals surface area contributed by atoms with Crippen LogP contribution in [0.3, 0.4) is 0 Å². The van der Waals surface area contributed by atoms with Crippen molar-refractivity contribution in [1.29, 1.82) is 0 Å². The standard InChI is InChI=1S/C13H15NO2S2/c1-7-10(12(15)16)18-11(14-7)8-5-6-9(17-8)13(2,3)4/h5-6H,1-4H3,(H,15,16). The largest absolute Gasteiger partial charge is 0.477 e. The molecule has 2 aromatic rings. The van der Waals surface area contributed by atoms with Crippen molar-refractivity contribution in [3.8, 4) is 9.88 Å². The number of nitrogens with zero attached hydrogens (tertiary/aromatic N) is 1. The molecule has 0 aliphatic heterocycles. The van der Waals surface area contributed by atoms with Gasteiger partial charge in [-0.1, -0.05) is 20.8 Å². The lowest BCUT2D eigenvalue weighted by Gasteiger charge is -2.15. The minimum absolute atomic E-state index is 0.116. The molecule has 0 aliphatic carbocycles. The van der Waals surface area contributed by atoms with Crippen molar-refractivity contribution in [2.45, 2.75) is 33.1 Å². The number of carboxylic acid groups (broad SMARTS) is 1. The Bertz CT molecular complexity index is 590. The Balaban J connectivity index is 2.41. The second-order valence-corrected chi connectivity index (χ2v) is 7.24. The van der Waals surface area contributed by atoms with E-state index in [2.05, 4.69) is 31.8 Å². The fraction of sp³-hybridized carbons (Fsp3) is 0.385. The summed E-state index contributed by atoms with van der Waals surface area (Å²) in [5.74, 6) is -0.899. The molecule has 0 fully saturated rings. The van der Waals surface area contributed by atoms with E-state index in [4.69, 9.17) is 5.11 Å². The Kier molecular flexibility index (Phi) is 3.29. The molecule has 0 unspecified atom stereocenters. The van der Waals surface area contributed by atoms with Crippen LogP contribution in [-0.4, -0.2) is 16.1 Å². The van der Waals surface area contributed by atoms with E-state index >= 15 is 0 Å². The van der Waals surface area contributed by atoms with Crippen LogP contribution in [0.15, 0.2) is 12.1 Å². The van der Waals surface area contributed by atoms with Crippen LogP contribution in [0.5, 0.6) is 0 Å². The number of thiazole rings is 1. The molecule has 1 N–H and O–H groups in total. The minimum atomic E-state index is -0.899. The molecule has 0 aromatic carbocycles. The zero-order valence-electron chi connectivity index (χ0n) is 10.8. The summed E-state index contributed by atoms with van der Waals surface area (Å²) in [7, 11) is 0. The monoisotopic (exact) mass is 281 g/mol. The summed E-state index contributed by atoms with van der Waals surface area (Å²) in [6.45, 7) is 8.23. The summed E-state index contributed by atoms with van der Waals surface area (Å²) in [5.41, 5.74) is 0.707. The van der Waals surface area contributed by atoms with Gasteiger partial charge in [0.25, 0.3) is 0 Å². The summed E-state index contributed by atoms with van der Waals surface area (Å²) in [6, 6.07) is 4.12. The van der Waals surface area contributed by atoms with Crippen LogP contribution in [0.1, 0.15) is 41.0 Å². The smallest absolute Gasteiger partial charge is 0.347 e. The van der Waals surface area contributed by atoms with Gasteiger partial charge >= 0.3 is 5.97 Å². The molecule has 0 amide bonds. The molecule has 96 valence electrons. The average Bonchev–Trinajstić information content (AvgIpc) is 2.81. The van der Waals surface area contributed by atoms with Crippen molar-refractivity contribution in [3.05, 3.63) is 27.6 Å². The highest BCUT2D eigenvalue weighted by Gasteiger charge is 2.19. The third-order valence-electron chi connectivity index (χ3n) is 2.55. The average molecular weight is 281 g/mol. The number of hydrogen-bond donors (Lipinski definition) is 1. The second-order valence-electron chi connectivity index (χ2n) is 5.15. The zero-order valence-corrected chi connectivity index (χ0v) is 12.4. The molecule has 0 radical (unpaired) electrons. The van der Waals surface area contributed by atoms with Gasteiger partial charge in [-0.3, -0.25) is 0 Å². The van der Waals surface area contributed by atoms with Crippen LogP contribution < -0.4 is 0 Å². The number of hydrogen-bond acceptors (Lipinski definition) is 4. The zero-order chi connectivity index (χ0) is 13.5. The maximum atomic E-state index is 11.0. The first kappa shape index (κ1) is 13.2.